The molecule has 3 aliphatic rings. The van der Waals surface area contributed by atoms with E-state index >= 15 is 0 Å². The molecule has 0 bridgehead atoms. The SMILES string of the molecule is Cn1cc2cc(-c3ccc(N[C@@H]4[C@@H]5CN(CC6CCOCC6)C[C@@H]54)nn3)ccc2n1. The van der Waals surface area contributed by atoms with Crippen molar-refractivity contribution < 1.29 is 4.74 Å². The molecule has 2 aliphatic heterocycles. The molecule has 0 amide bonds. The van der Waals surface area contributed by atoms with Crippen LogP contribution in [-0.4, -0.2) is 63.8 Å². The van der Waals surface area contributed by atoms with Crippen LogP contribution in [0.5, 0.6) is 0 Å². The van der Waals surface area contributed by atoms with E-state index in [0.29, 0.717) is 6.04 Å². The second-order valence-corrected chi connectivity index (χ2v) is 9.15. The van der Waals surface area contributed by atoms with E-state index in [9.17, 15) is 0 Å². The summed E-state index contributed by atoms with van der Waals surface area (Å²) in [7, 11) is 1.94. The lowest BCUT2D eigenvalue weighted by atomic mass is 10.00. The first-order chi connectivity index (χ1) is 14.7. The first-order valence-corrected chi connectivity index (χ1v) is 11.1. The fourth-order valence-electron chi connectivity index (χ4n) is 5.31. The lowest BCUT2D eigenvalue weighted by molar-refractivity contribution is 0.0540. The maximum Gasteiger partial charge on any atom is 0.148 e. The van der Waals surface area contributed by atoms with Crippen molar-refractivity contribution in [1.82, 2.24) is 24.9 Å². The van der Waals surface area contributed by atoms with Gasteiger partial charge >= 0.3 is 0 Å². The van der Waals surface area contributed by atoms with E-state index in [1.165, 1.54) is 32.5 Å². The first kappa shape index (κ1) is 18.3. The van der Waals surface area contributed by atoms with Crippen LogP contribution in [0.15, 0.2) is 36.5 Å². The number of piperidine rings is 1. The standard InChI is InChI=1S/C23H28N6O/c1-28-12-17-10-16(2-3-21(17)27-28)20-4-5-22(26-25-20)24-23-18-13-29(14-19(18)23)11-15-6-8-30-9-7-15/h2-5,10,12,15,18-19,23H,6-9,11,13-14H2,1H3,(H,24,26)/t18-,19+,23-. The topological polar surface area (TPSA) is 68.1 Å². The van der Waals surface area contributed by atoms with Crippen molar-refractivity contribution in [1.29, 1.82) is 0 Å². The van der Waals surface area contributed by atoms with Crippen LogP contribution < -0.4 is 5.32 Å². The second kappa shape index (κ2) is 7.32. The molecule has 4 heterocycles. The largest absolute Gasteiger partial charge is 0.381 e. The van der Waals surface area contributed by atoms with E-state index in [-0.39, 0.29) is 0 Å². The summed E-state index contributed by atoms with van der Waals surface area (Å²) in [6.07, 6.45) is 4.48. The molecule has 3 aromatic rings. The molecule has 2 aromatic heterocycles. The number of rotatable bonds is 5. The summed E-state index contributed by atoms with van der Waals surface area (Å²) in [6, 6.07) is 10.9. The molecule has 1 N–H and O–H groups in total. The van der Waals surface area contributed by atoms with E-state index in [1.54, 1.807) is 0 Å². The molecule has 0 radical (unpaired) electrons. The predicted octanol–water partition coefficient (Wildman–Crippen LogP) is 2.80. The van der Waals surface area contributed by atoms with Gasteiger partial charge in [0.15, 0.2) is 0 Å². The molecule has 1 aromatic carbocycles. The zero-order chi connectivity index (χ0) is 20.1. The Balaban J connectivity index is 1.05. The van der Waals surface area contributed by atoms with Gasteiger partial charge in [0, 0.05) is 63.1 Å². The minimum Gasteiger partial charge on any atom is -0.381 e. The molecule has 156 valence electrons. The van der Waals surface area contributed by atoms with Gasteiger partial charge < -0.3 is 15.0 Å². The third-order valence-corrected chi connectivity index (χ3v) is 7.02. The number of fused-ring (bicyclic) bond motifs is 2. The van der Waals surface area contributed by atoms with Gasteiger partial charge in [-0.2, -0.15) is 5.10 Å². The Morgan fingerprint density at radius 1 is 1.07 bits per heavy atom. The van der Waals surface area contributed by atoms with E-state index in [4.69, 9.17) is 4.74 Å². The highest BCUT2D eigenvalue weighted by molar-refractivity contribution is 5.83. The van der Waals surface area contributed by atoms with Gasteiger partial charge in [-0.25, -0.2) is 0 Å². The van der Waals surface area contributed by atoms with Crippen molar-refractivity contribution in [2.24, 2.45) is 24.8 Å². The Morgan fingerprint density at radius 2 is 1.90 bits per heavy atom. The summed E-state index contributed by atoms with van der Waals surface area (Å²) in [4.78, 5) is 2.66. The average molecular weight is 405 g/mol. The Bertz CT molecular complexity index is 1030. The molecule has 6 rings (SSSR count). The van der Waals surface area contributed by atoms with Crippen molar-refractivity contribution in [2.45, 2.75) is 18.9 Å². The number of anilines is 1. The van der Waals surface area contributed by atoms with Gasteiger partial charge in [-0.05, 0) is 54.9 Å². The number of aryl methyl sites for hydroxylation is 1. The molecule has 1 aliphatic carbocycles. The number of nitrogens with one attached hydrogen (secondary N) is 1. The van der Waals surface area contributed by atoms with Gasteiger partial charge in [0.25, 0.3) is 0 Å². The second-order valence-electron chi connectivity index (χ2n) is 9.15. The number of aromatic nitrogens is 4. The smallest absolute Gasteiger partial charge is 0.148 e. The molecule has 7 nitrogen and oxygen atoms in total. The van der Waals surface area contributed by atoms with Crippen molar-refractivity contribution in [3.63, 3.8) is 0 Å². The Labute approximate surface area is 176 Å². The highest BCUT2D eigenvalue weighted by Crippen LogP contribution is 2.47. The summed E-state index contributed by atoms with van der Waals surface area (Å²) < 4.78 is 7.33. The number of benzene rings is 1. The van der Waals surface area contributed by atoms with Gasteiger partial charge in [-0.3, -0.25) is 4.68 Å². The van der Waals surface area contributed by atoms with Crippen molar-refractivity contribution >= 4 is 16.7 Å². The molecular formula is C23H28N6O. The zero-order valence-electron chi connectivity index (χ0n) is 17.4. The Kier molecular flexibility index (Phi) is 4.46. The fraction of sp³-hybridized carbons (Fsp3) is 0.522. The van der Waals surface area contributed by atoms with Gasteiger partial charge in [-0.15, -0.1) is 10.2 Å². The van der Waals surface area contributed by atoms with Gasteiger partial charge in [0.2, 0.25) is 0 Å². The van der Waals surface area contributed by atoms with Crippen molar-refractivity contribution in [3.8, 4) is 11.3 Å². The van der Waals surface area contributed by atoms with Crippen LogP contribution >= 0.6 is 0 Å². The van der Waals surface area contributed by atoms with Crippen LogP contribution in [0, 0.1) is 17.8 Å². The molecule has 0 unspecified atom stereocenters. The Morgan fingerprint density at radius 3 is 2.67 bits per heavy atom. The third-order valence-electron chi connectivity index (χ3n) is 7.02. The maximum atomic E-state index is 5.49. The monoisotopic (exact) mass is 404 g/mol. The first-order valence-electron chi connectivity index (χ1n) is 11.1. The van der Waals surface area contributed by atoms with Crippen LogP contribution in [0.4, 0.5) is 5.82 Å². The summed E-state index contributed by atoms with van der Waals surface area (Å²) in [5.41, 5.74) is 2.96. The number of hydrogen-bond acceptors (Lipinski definition) is 6. The minimum absolute atomic E-state index is 0.558. The van der Waals surface area contributed by atoms with Crippen LogP contribution in [-0.2, 0) is 11.8 Å². The minimum atomic E-state index is 0.558. The summed E-state index contributed by atoms with van der Waals surface area (Å²) in [5, 5.41) is 18.1. The van der Waals surface area contributed by atoms with E-state index in [2.05, 4.69) is 49.8 Å². The molecule has 0 spiro atoms. The molecule has 1 saturated carbocycles. The number of hydrogen-bond donors (Lipinski definition) is 1. The Hall–Kier alpha value is -2.51. The fourth-order valence-corrected chi connectivity index (χ4v) is 5.31. The van der Waals surface area contributed by atoms with Crippen LogP contribution in [0.1, 0.15) is 12.8 Å². The van der Waals surface area contributed by atoms with Crippen LogP contribution in [0.3, 0.4) is 0 Å². The lowest BCUT2D eigenvalue weighted by Crippen LogP contribution is -2.34. The zero-order valence-corrected chi connectivity index (χ0v) is 17.4. The van der Waals surface area contributed by atoms with E-state index < -0.39 is 0 Å². The summed E-state index contributed by atoms with van der Waals surface area (Å²) >= 11 is 0. The highest BCUT2D eigenvalue weighted by Gasteiger charge is 2.55. The van der Waals surface area contributed by atoms with E-state index in [0.717, 1.165) is 58.9 Å². The number of ether oxygens (including phenoxy) is 1. The normalized spacial score (nSPS) is 26.8. The van der Waals surface area contributed by atoms with Gasteiger partial charge in [-0.1, -0.05) is 6.07 Å². The van der Waals surface area contributed by atoms with Gasteiger partial charge in [0.1, 0.15) is 5.82 Å². The number of nitrogens with zero attached hydrogens (tertiary/aromatic N) is 5. The highest BCUT2D eigenvalue weighted by atomic mass is 16.5. The lowest BCUT2D eigenvalue weighted by Gasteiger charge is -2.28. The molecular weight excluding hydrogens is 376 g/mol. The van der Waals surface area contributed by atoms with Crippen LogP contribution in [0.25, 0.3) is 22.2 Å². The maximum absolute atomic E-state index is 5.49. The quantitative estimate of drug-likeness (QED) is 0.705. The van der Waals surface area contributed by atoms with Gasteiger partial charge in [0.05, 0.1) is 11.2 Å². The number of likely N-dealkylation sites (tertiary alicyclic amines) is 1. The molecule has 7 heteroatoms. The molecule has 3 atom stereocenters. The molecule has 30 heavy (non-hydrogen) atoms. The van der Waals surface area contributed by atoms with Crippen LogP contribution in [0.2, 0.25) is 0 Å². The van der Waals surface area contributed by atoms with Crippen molar-refractivity contribution in [2.75, 3.05) is 38.2 Å². The predicted molar refractivity (Wildman–Crippen MR) is 116 cm³/mol. The van der Waals surface area contributed by atoms with Crippen molar-refractivity contribution in [3.05, 3.63) is 36.5 Å². The molecule has 2 saturated heterocycles. The summed E-state index contributed by atoms with van der Waals surface area (Å²) in [5.74, 6) is 3.24. The van der Waals surface area contributed by atoms with E-state index in [1.807, 2.05) is 24.0 Å². The summed E-state index contributed by atoms with van der Waals surface area (Å²) in [6.45, 7) is 5.58. The molecule has 3 fully saturated rings. The third kappa shape index (κ3) is 3.46. The average Bonchev–Trinajstić information content (AvgIpc) is 3.08.